The topological polar surface area (TPSA) is 98.2 Å². The highest BCUT2D eigenvalue weighted by Crippen LogP contribution is 2.42. The van der Waals surface area contributed by atoms with E-state index in [1.807, 2.05) is 13.0 Å². The van der Waals surface area contributed by atoms with Crippen LogP contribution in [-0.4, -0.2) is 60.2 Å². The number of carbonyl (C=O) groups is 2. The number of hydrogen-bond donors (Lipinski definition) is 1. The van der Waals surface area contributed by atoms with Crippen LogP contribution in [0.25, 0.3) is 5.76 Å². The number of Topliss-reactive ketones (excluding diaryl/α,β-unsaturated/α-hetero) is 1. The first-order chi connectivity index (χ1) is 16.9. The first-order valence-electron chi connectivity index (χ1n) is 12.0. The van der Waals surface area contributed by atoms with E-state index in [4.69, 9.17) is 14.2 Å². The van der Waals surface area contributed by atoms with Crippen LogP contribution in [0.15, 0.2) is 48.3 Å². The molecule has 188 valence electrons. The molecule has 1 saturated heterocycles. The second-order valence-corrected chi connectivity index (χ2v) is 8.74. The fourth-order valence-electron chi connectivity index (χ4n) is 3.99. The van der Waals surface area contributed by atoms with Crippen molar-refractivity contribution in [1.82, 2.24) is 9.88 Å². The molecule has 2 heterocycles. The van der Waals surface area contributed by atoms with E-state index in [1.54, 1.807) is 31.4 Å². The zero-order valence-corrected chi connectivity index (χ0v) is 20.8. The zero-order chi connectivity index (χ0) is 25.4. The molecule has 1 fully saturated rings. The molecule has 1 atom stereocenters. The maximum absolute atomic E-state index is 13.1. The summed E-state index contributed by atoms with van der Waals surface area (Å²) in [6, 6.07) is 7.82. The van der Waals surface area contributed by atoms with Gasteiger partial charge in [0.05, 0.1) is 24.8 Å². The van der Waals surface area contributed by atoms with E-state index in [1.165, 1.54) is 17.3 Å². The Kier molecular flexibility index (Phi) is 9.25. The molecule has 1 aliphatic heterocycles. The zero-order valence-electron chi connectivity index (χ0n) is 20.8. The highest BCUT2D eigenvalue weighted by molar-refractivity contribution is 6.46. The molecule has 2 aromatic rings. The Bertz CT molecular complexity index is 1050. The number of ether oxygens (including phenoxy) is 3. The molecule has 1 aromatic heterocycles. The van der Waals surface area contributed by atoms with E-state index in [2.05, 4.69) is 18.8 Å². The van der Waals surface area contributed by atoms with E-state index in [0.717, 1.165) is 6.42 Å². The second kappa shape index (κ2) is 12.4. The van der Waals surface area contributed by atoms with Crippen molar-refractivity contribution in [3.05, 3.63) is 59.4 Å². The molecule has 35 heavy (non-hydrogen) atoms. The van der Waals surface area contributed by atoms with Crippen molar-refractivity contribution in [2.24, 2.45) is 5.92 Å². The summed E-state index contributed by atoms with van der Waals surface area (Å²) in [7, 11) is 1.58. The Hall–Kier alpha value is -3.39. The van der Waals surface area contributed by atoms with E-state index in [9.17, 15) is 14.7 Å². The summed E-state index contributed by atoms with van der Waals surface area (Å²) in [5, 5.41) is 11.1. The number of nitrogens with zero attached hydrogens (tertiary/aromatic N) is 2. The number of carbonyl (C=O) groups excluding carboxylic acids is 2. The molecule has 0 saturated carbocycles. The number of amides is 1. The van der Waals surface area contributed by atoms with Gasteiger partial charge in [-0.25, -0.2) is 0 Å². The lowest BCUT2D eigenvalue weighted by molar-refractivity contribution is -0.140. The summed E-state index contributed by atoms with van der Waals surface area (Å²) in [4.78, 5) is 31.6. The van der Waals surface area contributed by atoms with Crippen LogP contribution < -0.4 is 9.47 Å². The lowest BCUT2D eigenvalue weighted by Crippen LogP contribution is -2.31. The van der Waals surface area contributed by atoms with Gasteiger partial charge < -0.3 is 24.2 Å². The van der Waals surface area contributed by atoms with Gasteiger partial charge in [-0.1, -0.05) is 19.9 Å². The minimum absolute atomic E-state index is 0.0366. The molecule has 1 amide bonds. The predicted molar refractivity (Wildman–Crippen MR) is 132 cm³/mol. The third-order valence-corrected chi connectivity index (χ3v) is 5.78. The van der Waals surface area contributed by atoms with Crippen LogP contribution in [0.3, 0.4) is 0 Å². The van der Waals surface area contributed by atoms with Gasteiger partial charge in [0.25, 0.3) is 11.7 Å². The summed E-state index contributed by atoms with van der Waals surface area (Å²) < 4.78 is 16.9. The highest BCUT2D eigenvalue weighted by Gasteiger charge is 2.46. The molecule has 0 radical (unpaired) electrons. The first kappa shape index (κ1) is 26.2. The van der Waals surface area contributed by atoms with Crippen molar-refractivity contribution < 1.29 is 28.9 Å². The quantitative estimate of drug-likeness (QED) is 0.208. The smallest absolute Gasteiger partial charge is 0.295 e. The van der Waals surface area contributed by atoms with Gasteiger partial charge in [0, 0.05) is 38.2 Å². The summed E-state index contributed by atoms with van der Waals surface area (Å²) in [5.74, 6) is 0.0146. The third-order valence-electron chi connectivity index (χ3n) is 5.78. The summed E-state index contributed by atoms with van der Waals surface area (Å²) in [5.41, 5.74) is 1.10. The molecule has 8 heteroatoms. The molecule has 0 spiro atoms. The van der Waals surface area contributed by atoms with Gasteiger partial charge in [0.15, 0.2) is 11.5 Å². The molecule has 1 aromatic carbocycles. The number of methoxy groups -OCH3 is 1. The molecular formula is C27H34N2O6. The maximum atomic E-state index is 13.1. The fraction of sp³-hybridized carbons (Fsp3) is 0.444. The van der Waals surface area contributed by atoms with E-state index >= 15 is 0 Å². The average Bonchev–Trinajstić information content (AvgIpc) is 3.10. The van der Waals surface area contributed by atoms with Gasteiger partial charge >= 0.3 is 0 Å². The number of ketones is 1. The molecule has 1 aliphatic rings. The van der Waals surface area contributed by atoms with Gasteiger partial charge in [-0.2, -0.15) is 0 Å². The van der Waals surface area contributed by atoms with Gasteiger partial charge in [-0.3, -0.25) is 14.6 Å². The van der Waals surface area contributed by atoms with Crippen LogP contribution in [-0.2, 0) is 14.3 Å². The van der Waals surface area contributed by atoms with Gasteiger partial charge in [-0.15, -0.1) is 0 Å². The first-order valence-corrected chi connectivity index (χ1v) is 12.0. The number of rotatable bonds is 12. The summed E-state index contributed by atoms with van der Waals surface area (Å²) in [6.07, 6.45) is 4.49. The van der Waals surface area contributed by atoms with Crippen molar-refractivity contribution in [3.63, 3.8) is 0 Å². The summed E-state index contributed by atoms with van der Waals surface area (Å²) in [6.45, 7) is 7.85. The molecule has 0 aliphatic carbocycles. The van der Waals surface area contributed by atoms with Gasteiger partial charge in [0.1, 0.15) is 5.76 Å². The molecular weight excluding hydrogens is 448 g/mol. The lowest BCUT2D eigenvalue weighted by atomic mass is 9.95. The highest BCUT2D eigenvalue weighted by atomic mass is 16.5. The Labute approximate surface area is 206 Å². The molecule has 0 bridgehead atoms. The number of pyridine rings is 1. The van der Waals surface area contributed by atoms with Crippen molar-refractivity contribution in [3.8, 4) is 11.5 Å². The standard InChI is InChI=1S/C27H34N2O6/c1-5-34-22-17-20(7-8-21(22)35-16-11-18(2)3)24-23(25(30)19-9-12-28-13-10-19)26(31)27(32)29(24)14-6-15-33-4/h7-10,12-13,17-18,24,30H,5-6,11,14-16H2,1-4H3. The number of benzene rings is 1. The van der Waals surface area contributed by atoms with E-state index < -0.39 is 17.7 Å². The van der Waals surface area contributed by atoms with Crippen LogP contribution in [0.2, 0.25) is 0 Å². The minimum atomic E-state index is -0.774. The van der Waals surface area contributed by atoms with Crippen molar-refractivity contribution >= 4 is 17.4 Å². The fourth-order valence-corrected chi connectivity index (χ4v) is 3.99. The Morgan fingerprint density at radius 2 is 1.83 bits per heavy atom. The third kappa shape index (κ3) is 6.19. The molecule has 1 N–H and O–H groups in total. The van der Waals surface area contributed by atoms with E-state index in [0.29, 0.717) is 61.3 Å². The van der Waals surface area contributed by atoms with Gasteiger partial charge in [0.2, 0.25) is 0 Å². The summed E-state index contributed by atoms with van der Waals surface area (Å²) >= 11 is 0. The number of aliphatic hydroxyl groups is 1. The second-order valence-electron chi connectivity index (χ2n) is 8.74. The average molecular weight is 483 g/mol. The Morgan fingerprint density at radius 1 is 1.09 bits per heavy atom. The normalized spacial score (nSPS) is 17.3. The van der Waals surface area contributed by atoms with E-state index in [-0.39, 0.29) is 11.3 Å². The number of hydrogen-bond acceptors (Lipinski definition) is 7. The minimum Gasteiger partial charge on any atom is -0.507 e. The maximum Gasteiger partial charge on any atom is 0.295 e. The van der Waals surface area contributed by atoms with Crippen molar-refractivity contribution in [2.45, 2.75) is 39.7 Å². The lowest BCUT2D eigenvalue weighted by Gasteiger charge is -2.26. The Morgan fingerprint density at radius 3 is 2.49 bits per heavy atom. The SMILES string of the molecule is CCOc1cc(C2C(=C(O)c3ccncc3)C(=O)C(=O)N2CCCOC)ccc1OCCC(C)C. The molecule has 8 nitrogen and oxygen atoms in total. The predicted octanol–water partition coefficient (Wildman–Crippen LogP) is 4.36. The molecule has 3 rings (SSSR count). The Balaban J connectivity index is 2.07. The van der Waals surface area contributed by atoms with Crippen LogP contribution >= 0.6 is 0 Å². The van der Waals surface area contributed by atoms with Crippen LogP contribution in [0.1, 0.15) is 50.8 Å². The number of aromatic nitrogens is 1. The number of aliphatic hydroxyl groups excluding tert-OH is 1. The van der Waals surface area contributed by atoms with Crippen LogP contribution in [0, 0.1) is 5.92 Å². The van der Waals surface area contributed by atoms with Crippen molar-refractivity contribution in [2.75, 3.05) is 33.5 Å². The largest absolute Gasteiger partial charge is 0.507 e. The monoisotopic (exact) mass is 482 g/mol. The number of likely N-dealkylation sites (tertiary alicyclic amines) is 1. The van der Waals surface area contributed by atoms with Crippen molar-refractivity contribution in [1.29, 1.82) is 0 Å². The molecule has 1 unspecified atom stereocenters. The van der Waals surface area contributed by atoms with Crippen LogP contribution in [0.4, 0.5) is 0 Å². The van der Waals surface area contributed by atoms with Crippen LogP contribution in [0.5, 0.6) is 11.5 Å². The van der Waals surface area contributed by atoms with Gasteiger partial charge in [-0.05, 0) is 55.5 Å².